The van der Waals surface area contributed by atoms with Crippen molar-refractivity contribution in [1.82, 2.24) is 0 Å². The first-order chi connectivity index (χ1) is 45.7. The van der Waals surface area contributed by atoms with Crippen molar-refractivity contribution in [1.29, 1.82) is 0 Å². The summed E-state index contributed by atoms with van der Waals surface area (Å²) in [6.45, 7) is 6.68. The summed E-state index contributed by atoms with van der Waals surface area (Å²) >= 11 is 5.45. The molecule has 0 aliphatic carbocycles. The summed E-state index contributed by atoms with van der Waals surface area (Å²) in [4.78, 5) is 77.3. The third-order valence-corrected chi connectivity index (χ3v) is 12.5. The number of nitro groups is 8. The Balaban J connectivity index is 0.000000291. The number of benzene rings is 10. The van der Waals surface area contributed by atoms with E-state index < -0.39 is 39.4 Å². The van der Waals surface area contributed by atoms with Gasteiger partial charge in [-0.1, -0.05) is 127 Å². The molecule has 97 heavy (non-hydrogen) atoms. The van der Waals surface area contributed by atoms with Crippen molar-refractivity contribution < 1.29 is 80.2 Å². The van der Waals surface area contributed by atoms with Crippen molar-refractivity contribution in [3.63, 3.8) is 0 Å². The summed E-state index contributed by atoms with van der Waals surface area (Å²) in [6, 6.07) is 53.9. The molecule has 502 valence electrons. The molecule has 0 atom stereocenters. The van der Waals surface area contributed by atoms with Crippen molar-refractivity contribution in [3.8, 4) is 68.2 Å². The highest BCUT2D eigenvalue weighted by Crippen LogP contribution is 2.35. The number of phenols is 8. The SMILES string of the molecule is Cc1ccc(O)c([N+](=O)[O-])c1.Cc1ccc([N+](=O)[O-])c(O)c1.Cc1cccc(O)c1[N+](=O)[O-].Cc1cccc([N+](=O)[O-])c1O.O=[N+]([O-])c1cc(-c2ccccc2)ccc1O.O=[N+]([O-])c1cc(Cl)ccc1O.O=[N+]([O-])c1ccc(-c2ccccc2)cc1O.O=[N+]([O-])c1ccccc1O. The monoisotopic (exact) mass is 1350 g/mol. The summed E-state index contributed by atoms with van der Waals surface area (Å²) < 4.78 is 0. The fourth-order valence-corrected chi connectivity index (χ4v) is 7.63. The molecule has 0 unspecified atom stereocenters. The average Bonchev–Trinajstić information content (AvgIpc) is 0.927. The zero-order valence-corrected chi connectivity index (χ0v) is 51.5. The molecular formula is C64H55ClN8O24. The van der Waals surface area contributed by atoms with Crippen LogP contribution in [0.2, 0.25) is 5.02 Å². The number of nitrogens with zero attached hydrogens (tertiary/aromatic N) is 8. The fourth-order valence-electron chi connectivity index (χ4n) is 7.47. The number of phenolic OH excluding ortho intramolecular Hbond substituents is 8. The minimum atomic E-state index is -0.693. The first-order valence-corrected chi connectivity index (χ1v) is 27.4. The van der Waals surface area contributed by atoms with Crippen molar-refractivity contribution in [2.75, 3.05) is 0 Å². The number of hydrogen-bond acceptors (Lipinski definition) is 24. The first-order valence-electron chi connectivity index (χ1n) is 27.0. The van der Waals surface area contributed by atoms with Gasteiger partial charge in [-0.3, -0.25) is 80.9 Å². The predicted octanol–water partition coefficient (Wildman–Crippen LogP) is 15.6. The molecule has 32 nitrogen and oxygen atoms in total. The maximum atomic E-state index is 10.7. The Hall–Kier alpha value is -13.9. The van der Waals surface area contributed by atoms with Crippen molar-refractivity contribution in [3.05, 3.63) is 321 Å². The van der Waals surface area contributed by atoms with Crippen molar-refractivity contribution in [2.24, 2.45) is 0 Å². The van der Waals surface area contributed by atoms with Gasteiger partial charge in [0.15, 0.2) is 46.0 Å². The van der Waals surface area contributed by atoms with Gasteiger partial charge in [0.25, 0.3) is 0 Å². The van der Waals surface area contributed by atoms with E-state index in [2.05, 4.69) is 0 Å². The smallest absolute Gasteiger partial charge is 0.313 e. The second kappa shape index (κ2) is 37.4. The lowest BCUT2D eigenvalue weighted by Crippen LogP contribution is -1.91. The fraction of sp³-hybridized carbons (Fsp3) is 0.0625. The molecule has 0 aliphatic heterocycles. The second-order valence-electron chi connectivity index (χ2n) is 19.2. The van der Waals surface area contributed by atoms with Crippen LogP contribution in [0.3, 0.4) is 0 Å². The van der Waals surface area contributed by atoms with Crippen LogP contribution in [0.1, 0.15) is 22.3 Å². The van der Waals surface area contributed by atoms with Crippen LogP contribution in [-0.4, -0.2) is 80.2 Å². The van der Waals surface area contributed by atoms with E-state index in [0.29, 0.717) is 16.7 Å². The molecule has 0 spiro atoms. The maximum absolute atomic E-state index is 10.7. The first kappa shape index (κ1) is 77.3. The van der Waals surface area contributed by atoms with E-state index in [1.54, 1.807) is 70.2 Å². The van der Waals surface area contributed by atoms with Gasteiger partial charge in [0.1, 0.15) is 0 Å². The van der Waals surface area contributed by atoms with E-state index in [9.17, 15) is 91.1 Å². The molecule has 8 N–H and O–H groups in total. The number of aromatic hydroxyl groups is 8. The summed E-state index contributed by atoms with van der Waals surface area (Å²) in [6.07, 6.45) is 0. The van der Waals surface area contributed by atoms with Gasteiger partial charge in [-0.05, 0) is 121 Å². The Morgan fingerprint density at radius 2 is 0.598 bits per heavy atom. The van der Waals surface area contributed by atoms with Crippen LogP contribution < -0.4 is 0 Å². The lowest BCUT2D eigenvalue weighted by molar-refractivity contribution is -0.386. The van der Waals surface area contributed by atoms with E-state index >= 15 is 0 Å². The molecule has 0 fully saturated rings. The molecule has 0 bridgehead atoms. The predicted molar refractivity (Wildman–Crippen MR) is 353 cm³/mol. The molecule has 0 amide bonds. The maximum Gasteiger partial charge on any atom is 0.313 e. The summed E-state index contributed by atoms with van der Waals surface area (Å²) in [7, 11) is 0. The van der Waals surface area contributed by atoms with Crippen molar-refractivity contribution >= 4 is 57.1 Å². The van der Waals surface area contributed by atoms with Gasteiger partial charge in [-0.25, -0.2) is 0 Å². The molecule has 10 rings (SSSR count). The van der Waals surface area contributed by atoms with Crippen LogP contribution in [0.15, 0.2) is 212 Å². The number of nitro benzene ring substituents is 8. The highest BCUT2D eigenvalue weighted by molar-refractivity contribution is 6.30. The van der Waals surface area contributed by atoms with Gasteiger partial charge in [0, 0.05) is 53.1 Å². The molecular weight excluding hydrogens is 1300 g/mol. The minimum Gasteiger partial charge on any atom is -0.502 e. The standard InChI is InChI=1S/2C12H9NO3.4C7H7NO3.C6H4ClNO3.C6H5NO3/c14-12-7-6-10(8-11(12)13(15)16)9-4-2-1-3-5-9;14-12-8-10(6-7-11(12)13(15)16)9-4-2-1-3-5-9;1-5-2-3-7(9)6(4-5)8(10)11;1-5-2-3-6(8(10)11)7(9)4-5;1-5-3-2-4-6(9)7(5)8(10)11;1-5-3-2-4-6(7(5)9)8(10)11;7-4-1-2-6(9)5(3-4)8(10)11;8-6-4-2-1-3-5(6)7(9)10/h2*1-8,14H;4*2-4,9H,1H3;1-3,9H;1-4,8H. The second-order valence-corrected chi connectivity index (χ2v) is 19.6. The number of para-hydroxylation sites is 4. The molecule has 0 saturated carbocycles. The average molecular weight is 1360 g/mol. The minimum absolute atomic E-state index is 0.215. The Kier molecular flexibility index (Phi) is 29.8. The van der Waals surface area contributed by atoms with Crippen LogP contribution in [0.4, 0.5) is 45.5 Å². The zero-order valence-electron chi connectivity index (χ0n) is 50.8. The van der Waals surface area contributed by atoms with Crippen LogP contribution in [0.5, 0.6) is 46.0 Å². The third kappa shape index (κ3) is 24.7. The van der Waals surface area contributed by atoms with Gasteiger partial charge in [-0.2, -0.15) is 0 Å². The largest absolute Gasteiger partial charge is 0.502 e. The normalized spacial score (nSPS) is 9.66. The van der Waals surface area contributed by atoms with Gasteiger partial charge in [0.05, 0.1) is 39.4 Å². The van der Waals surface area contributed by atoms with E-state index in [0.717, 1.165) is 33.9 Å². The van der Waals surface area contributed by atoms with Gasteiger partial charge in [-0.15, -0.1) is 0 Å². The summed E-state index contributed by atoms with van der Waals surface area (Å²) in [5, 5.41) is 155. The Morgan fingerprint density at radius 1 is 0.258 bits per heavy atom. The Labute approximate surface area is 551 Å². The number of aryl methyl sites for hydroxylation is 4. The zero-order chi connectivity index (χ0) is 72.8. The summed E-state index contributed by atoms with van der Waals surface area (Å²) in [5.41, 5.74) is 3.64. The van der Waals surface area contributed by atoms with Crippen LogP contribution >= 0.6 is 11.6 Å². The Bertz CT molecular complexity index is 4360. The molecule has 0 aromatic heterocycles. The molecule has 33 heteroatoms. The highest BCUT2D eigenvalue weighted by Gasteiger charge is 2.19. The molecule has 10 aromatic rings. The summed E-state index contributed by atoms with van der Waals surface area (Å²) in [5.74, 6) is -2.41. The quantitative estimate of drug-likeness (QED) is 0.0465. The molecule has 0 radical (unpaired) electrons. The number of rotatable bonds is 10. The Morgan fingerprint density at radius 3 is 1.01 bits per heavy atom. The highest BCUT2D eigenvalue weighted by atomic mass is 35.5. The van der Waals surface area contributed by atoms with Crippen LogP contribution in [0.25, 0.3) is 22.3 Å². The third-order valence-electron chi connectivity index (χ3n) is 12.2. The number of halogens is 1. The molecule has 10 aromatic carbocycles. The van der Waals surface area contributed by atoms with Crippen LogP contribution in [0, 0.1) is 109 Å². The lowest BCUT2D eigenvalue weighted by atomic mass is 10.1. The van der Waals surface area contributed by atoms with E-state index in [4.69, 9.17) is 42.2 Å². The molecule has 0 heterocycles. The van der Waals surface area contributed by atoms with E-state index in [1.807, 2.05) is 60.7 Å². The molecule has 0 aliphatic rings. The van der Waals surface area contributed by atoms with Crippen molar-refractivity contribution in [2.45, 2.75) is 27.7 Å². The van der Waals surface area contributed by atoms with E-state index in [1.165, 1.54) is 103 Å². The van der Waals surface area contributed by atoms with Gasteiger partial charge >= 0.3 is 45.5 Å². The van der Waals surface area contributed by atoms with E-state index in [-0.39, 0.29) is 96.5 Å². The number of hydrogen-bond donors (Lipinski definition) is 8. The molecule has 0 saturated heterocycles. The van der Waals surface area contributed by atoms with Crippen LogP contribution in [-0.2, 0) is 0 Å². The van der Waals surface area contributed by atoms with Gasteiger partial charge < -0.3 is 40.9 Å². The lowest BCUT2D eigenvalue weighted by Gasteiger charge is -2.02. The van der Waals surface area contributed by atoms with Gasteiger partial charge in [0.2, 0.25) is 0 Å². The topological polar surface area (TPSA) is 507 Å².